The minimum Gasteiger partial charge on any atom is -0.480 e. The molecule has 44 heavy (non-hydrogen) atoms. The van der Waals surface area contributed by atoms with Gasteiger partial charge in [-0.05, 0) is 18.8 Å². The fourth-order valence-corrected chi connectivity index (χ4v) is 4.20. The number of carbonyl (C=O) groups excluding carboxylic acids is 6. The summed E-state index contributed by atoms with van der Waals surface area (Å²) in [4.78, 5) is 87.4. The largest absolute Gasteiger partial charge is 0.480 e. The lowest BCUT2D eigenvalue weighted by Crippen LogP contribution is -2.57. The fraction of sp³-hybridized carbons (Fsp3) is 0.741. The summed E-state index contributed by atoms with van der Waals surface area (Å²) in [5.41, 5.74) is -1.07. The third kappa shape index (κ3) is 11.7. The van der Waals surface area contributed by atoms with Crippen LogP contribution in [-0.2, 0) is 33.6 Å². The van der Waals surface area contributed by atoms with E-state index in [2.05, 4.69) is 26.6 Å². The van der Waals surface area contributed by atoms with E-state index in [-0.39, 0.29) is 25.4 Å². The Labute approximate surface area is 255 Å². The Morgan fingerprint density at radius 1 is 0.932 bits per heavy atom. The molecule has 0 bridgehead atoms. The SMILES string of the molecule is CC[C@H](C)[C@H](NC(=O)[C@@H]1CCCN1C(=O)CNC(=O)CCNC(=O)C(O)C(C)(C)CO)C(=O)NCC(=O)N[C@@H](CO)C(=O)O. The number of carboxylic acids is 1. The van der Waals surface area contributed by atoms with Crippen LogP contribution in [0.3, 0.4) is 0 Å². The minimum absolute atomic E-state index is 0.117. The van der Waals surface area contributed by atoms with E-state index in [0.717, 1.165) is 0 Å². The Morgan fingerprint density at radius 2 is 1.59 bits per heavy atom. The molecule has 1 fully saturated rings. The zero-order valence-electron chi connectivity index (χ0n) is 25.6. The summed E-state index contributed by atoms with van der Waals surface area (Å²) in [7, 11) is 0. The number of hydrogen-bond donors (Lipinski definition) is 9. The molecule has 0 aromatic carbocycles. The summed E-state index contributed by atoms with van der Waals surface area (Å²) in [5, 5.41) is 49.1. The molecule has 6 amide bonds. The number of aliphatic carboxylic acids is 1. The Hall–Kier alpha value is -3.83. The van der Waals surface area contributed by atoms with Crippen molar-refractivity contribution in [1.82, 2.24) is 31.5 Å². The van der Waals surface area contributed by atoms with Crippen molar-refractivity contribution in [3.63, 3.8) is 0 Å². The van der Waals surface area contributed by atoms with Crippen molar-refractivity contribution in [2.24, 2.45) is 11.3 Å². The standard InChI is InChI=1S/C27H46N6O11/c1-5-15(2)21(24(41)30-11-19(37)31-16(13-34)26(43)44)32-23(40)17-7-6-10-33(17)20(38)12-29-18(36)8-9-28-25(42)22(39)27(3,4)14-35/h15-17,21-22,34-35,39H,5-14H2,1-4H3,(H,28,42)(H,29,36)(H,30,41)(H,31,37)(H,32,40)(H,43,44)/t15-,16-,17-,21-,22?/m0/s1. The van der Waals surface area contributed by atoms with Crippen molar-refractivity contribution < 1.29 is 54.0 Å². The molecule has 0 radical (unpaired) electrons. The van der Waals surface area contributed by atoms with Gasteiger partial charge in [0.05, 0.1) is 26.3 Å². The highest BCUT2D eigenvalue weighted by Crippen LogP contribution is 2.20. The van der Waals surface area contributed by atoms with Gasteiger partial charge in [0.25, 0.3) is 0 Å². The second kappa shape index (κ2) is 18.1. The van der Waals surface area contributed by atoms with Crippen molar-refractivity contribution in [2.45, 2.75) is 77.6 Å². The van der Waals surface area contributed by atoms with E-state index >= 15 is 0 Å². The van der Waals surface area contributed by atoms with E-state index in [0.29, 0.717) is 19.3 Å². The highest BCUT2D eigenvalue weighted by molar-refractivity contribution is 5.95. The number of aliphatic hydroxyl groups is 3. The molecule has 1 saturated heterocycles. The second-order valence-electron chi connectivity index (χ2n) is 11.3. The summed E-state index contributed by atoms with van der Waals surface area (Å²) in [6, 6.07) is -3.51. The maximum atomic E-state index is 13.2. The first-order valence-corrected chi connectivity index (χ1v) is 14.4. The molecule has 250 valence electrons. The molecule has 0 aromatic rings. The van der Waals surface area contributed by atoms with E-state index in [4.69, 9.17) is 10.2 Å². The van der Waals surface area contributed by atoms with E-state index < -0.39 is 97.4 Å². The number of likely N-dealkylation sites (tertiary alicyclic amines) is 1. The number of amides is 6. The topological polar surface area (TPSA) is 264 Å². The van der Waals surface area contributed by atoms with Crippen molar-refractivity contribution in [3.05, 3.63) is 0 Å². The van der Waals surface area contributed by atoms with Gasteiger partial charge in [0, 0.05) is 24.9 Å². The number of hydrogen-bond acceptors (Lipinski definition) is 10. The van der Waals surface area contributed by atoms with Crippen LogP contribution in [-0.4, -0.2) is 130 Å². The molecule has 5 atom stereocenters. The lowest BCUT2D eigenvalue weighted by molar-refractivity contribution is -0.143. The van der Waals surface area contributed by atoms with Crippen LogP contribution in [0.1, 0.15) is 53.4 Å². The van der Waals surface area contributed by atoms with Gasteiger partial charge in [0.1, 0.15) is 24.2 Å². The zero-order chi connectivity index (χ0) is 33.6. The van der Waals surface area contributed by atoms with Gasteiger partial charge in [-0.3, -0.25) is 28.8 Å². The molecular formula is C27H46N6O11. The molecule has 1 aliphatic heterocycles. The lowest BCUT2D eigenvalue weighted by Gasteiger charge is -2.28. The second-order valence-corrected chi connectivity index (χ2v) is 11.3. The molecular weight excluding hydrogens is 584 g/mol. The normalized spacial score (nSPS) is 17.4. The van der Waals surface area contributed by atoms with Crippen LogP contribution in [0.2, 0.25) is 0 Å². The molecule has 1 rings (SSSR count). The maximum absolute atomic E-state index is 13.2. The highest BCUT2D eigenvalue weighted by atomic mass is 16.4. The molecule has 1 aliphatic rings. The van der Waals surface area contributed by atoms with E-state index in [1.54, 1.807) is 13.8 Å². The number of nitrogens with zero attached hydrogens (tertiary/aromatic N) is 1. The van der Waals surface area contributed by atoms with Crippen molar-refractivity contribution in [1.29, 1.82) is 0 Å². The summed E-state index contributed by atoms with van der Waals surface area (Å²) in [6.07, 6.45) is -0.362. The van der Waals surface area contributed by atoms with Gasteiger partial charge in [-0.1, -0.05) is 34.1 Å². The maximum Gasteiger partial charge on any atom is 0.328 e. The van der Waals surface area contributed by atoms with Gasteiger partial charge in [0.2, 0.25) is 35.4 Å². The van der Waals surface area contributed by atoms with Crippen LogP contribution in [0.25, 0.3) is 0 Å². The quantitative estimate of drug-likeness (QED) is 0.0709. The Balaban J connectivity index is 2.66. The van der Waals surface area contributed by atoms with Crippen LogP contribution in [0.15, 0.2) is 0 Å². The summed E-state index contributed by atoms with van der Waals surface area (Å²) < 4.78 is 0. The van der Waals surface area contributed by atoms with E-state index in [1.807, 2.05) is 0 Å². The lowest BCUT2D eigenvalue weighted by atomic mass is 9.87. The number of aliphatic hydroxyl groups excluding tert-OH is 3. The van der Waals surface area contributed by atoms with Gasteiger partial charge in [-0.25, -0.2) is 4.79 Å². The highest BCUT2D eigenvalue weighted by Gasteiger charge is 2.37. The van der Waals surface area contributed by atoms with Crippen LogP contribution in [0.5, 0.6) is 0 Å². The first-order valence-electron chi connectivity index (χ1n) is 14.4. The van der Waals surface area contributed by atoms with Crippen LogP contribution in [0.4, 0.5) is 0 Å². The number of nitrogens with one attached hydrogen (secondary N) is 5. The molecule has 17 heteroatoms. The zero-order valence-corrected chi connectivity index (χ0v) is 25.6. The van der Waals surface area contributed by atoms with Crippen LogP contribution >= 0.6 is 0 Å². The average molecular weight is 631 g/mol. The molecule has 0 aliphatic carbocycles. The predicted octanol–water partition coefficient (Wildman–Crippen LogP) is -3.81. The van der Waals surface area contributed by atoms with Crippen LogP contribution in [0, 0.1) is 11.3 Å². The summed E-state index contributed by atoms with van der Waals surface area (Å²) >= 11 is 0. The molecule has 9 N–H and O–H groups in total. The number of carbonyl (C=O) groups is 7. The van der Waals surface area contributed by atoms with Gasteiger partial charge < -0.3 is 51.9 Å². The van der Waals surface area contributed by atoms with Crippen LogP contribution < -0.4 is 26.6 Å². The first-order chi connectivity index (χ1) is 20.6. The van der Waals surface area contributed by atoms with Gasteiger partial charge in [-0.15, -0.1) is 0 Å². The molecule has 0 saturated carbocycles. The third-order valence-corrected chi connectivity index (χ3v) is 7.39. The van der Waals surface area contributed by atoms with Gasteiger partial charge in [0.15, 0.2) is 0 Å². The van der Waals surface area contributed by atoms with Gasteiger partial charge in [-0.2, -0.15) is 0 Å². The molecule has 0 spiro atoms. The third-order valence-electron chi connectivity index (χ3n) is 7.39. The Bertz CT molecular complexity index is 1050. The molecule has 1 unspecified atom stereocenters. The average Bonchev–Trinajstić information content (AvgIpc) is 3.49. The Morgan fingerprint density at radius 3 is 2.16 bits per heavy atom. The minimum atomic E-state index is -1.54. The summed E-state index contributed by atoms with van der Waals surface area (Å²) in [5.74, 6) is -5.79. The smallest absolute Gasteiger partial charge is 0.328 e. The molecule has 1 heterocycles. The van der Waals surface area contributed by atoms with Crippen molar-refractivity contribution >= 4 is 41.4 Å². The molecule has 17 nitrogen and oxygen atoms in total. The first kappa shape index (κ1) is 38.2. The van der Waals surface area contributed by atoms with Crippen molar-refractivity contribution in [3.8, 4) is 0 Å². The Kier molecular flexibility index (Phi) is 15.7. The molecule has 0 aromatic heterocycles. The van der Waals surface area contributed by atoms with E-state index in [1.165, 1.54) is 18.7 Å². The number of rotatable bonds is 18. The fourth-order valence-electron chi connectivity index (χ4n) is 4.20. The summed E-state index contributed by atoms with van der Waals surface area (Å²) in [6.45, 7) is 4.37. The van der Waals surface area contributed by atoms with E-state index in [9.17, 15) is 43.8 Å². The predicted molar refractivity (Wildman–Crippen MR) is 153 cm³/mol. The number of carboxylic acid groups (broad SMARTS) is 1. The van der Waals surface area contributed by atoms with Crippen molar-refractivity contribution in [2.75, 3.05) is 39.4 Å². The monoisotopic (exact) mass is 630 g/mol. The van der Waals surface area contributed by atoms with Gasteiger partial charge >= 0.3 is 5.97 Å².